The Morgan fingerprint density at radius 1 is 1.10 bits per heavy atom. The van der Waals surface area contributed by atoms with Gasteiger partial charge in [-0.1, -0.05) is 52.0 Å². The number of anilines is 1. The number of amides is 2. The summed E-state index contributed by atoms with van der Waals surface area (Å²) in [6.45, 7) is -0.674. The SMILES string of the molecule is O=C1C(=O)N(CCO)C2(Sc3ccccc3NC2=O)/C1=C(\O)c1ccc(Br)cc1. The largest absolute Gasteiger partial charge is 0.507 e. The molecule has 3 N–H and O–H groups in total. The maximum absolute atomic E-state index is 13.2. The van der Waals surface area contributed by atoms with Crippen molar-refractivity contribution in [2.24, 2.45) is 0 Å². The van der Waals surface area contributed by atoms with E-state index in [1.807, 2.05) is 0 Å². The minimum absolute atomic E-state index is 0.232. The molecule has 2 aromatic carbocycles. The summed E-state index contributed by atoms with van der Waals surface area (Å²) in [4.78, 5) is 38.7. The van der Waals surface area contributed by atoms with Gasteiger partial charge in [0.05, 0.1) is 17.9 Å². The van der Waals surface area contributed by atoms with E-state index in [4.69, 9.17) is 0 Å². The number of benzene rings is 2. The Balaban J connectivity index is 1.97. The molecular weight excluding hydrogens is 460 g/mol. The molecule has 7 nitrogen and oxygen atoms in total. The van der Waals surface area contributed by atoms with Crippen molar-refractivity contribution >= 4 is 56.7 Å². The topological polar surface area (TPSA) is 107 Å². The van der Waals surface area contributed by atoms with Crippen LogP contribution in [-0.2, 0) is 14.4 Å². The molecule has 0 bridgehead atoms. The van der Waals surface area contributed by atoms with Crippen molar-refractivity contribution in [2.75, 3.05) is 18.5 Å². The summed E-state index contributed by atoms with van der Waals surface area (Å²) in [5.41, 5.74) is 0.531. The van der Waals surface area contributed by atoms with Crippen LogP contribution in [0.3, 0.4) is 0 Å². The van der Waals surface area contributed by atoms with Gasteiger partial charge >= 0.3 is 0 Å². The number of aliphatic hydroxyl groups is 2. The summed E-state index contributed by atoms with van der Waals surface area (Å²) in [7, 11) is 0. The third-order valence-electron chi connectivity index (χ3n) is 4.76. The van der Waals surface area contributed by atoms with Crippen molar-refractivity contribution in [1.29, 1.82) is 0 Å². The number of fused-ring (bicyclic) bond motifs is 1. The molecule has 0 aliphatic carbocycles. The molecule has 148 valence electrons. The van der Waals surface area contributed by atoms with Crippen LogP contribution in [0.5, 0.6) is 0 Å². The summed E-state index contributed by atoms with van der Waals surface area (Å²) < 4.78 is 0.767. The maximum Gasteiger partial charge on any atom is 0.296 e. The molecule has 2 heterocycles. The first kappa shape index (κ1) is 19.7. The van der Waals surface area contributed by atoms with Crippen LogP contribution in [0, 0.1) is 0 Å². The Hall–Kier alpha value is -2.62. The standard InChI is InChI=1S/C20H15BrN2O5S/c21-12-7-5-11(6-8-12)16(25)15-17(26)18(27)23(9-10-24)20(15)19(28)22-13-3-1-2-4-14(13)29-20/h1-8,24-25H,9-10H2,(H,22,28)/b16-15-. The molecule has 9 heteroatoms. The second-order valence-corrected chi connectivity index (χ2v) is 8.59. The molecule has 0 saturated carbocycles. The first-order valence-corrected chi connectivity index (χ1v) is 10.3. The first-order valence-electron chi connectivity index (χ1n) is 8.66. The van der Waals surface area contributed by atoms with Crippen molar-refractivity contribution < 1.29 is 24.6 Å². The van der Waals surface area contributed by atoms with E-state index in [0.29, 0.717) is 16.1 Å². The number of rotatable bonds is 3. The van der Waals surface area contributed by atoms with Crippen molar-refractivity contribution in [2.45, 2.75) is 9.77 Å². The Kier molecular flexibility index (Phi) is 4.97. The summed E-state index contributed by atoms with van der Waals surface area (Å²) >= 11 is 4.30. The highest BCUT2D eigenvalue weighted by molar-refractivity contribution is 9.10. The molecule has 1 atom stereocenters. The third kappa shape index (κ3) is 2.97. The Morgan fingerprint density at radius 2 is 1.79 bits per heavy atom. The lowest BCUT2D eigenvalue weighted by Crippen LogP contribution is -2.55. The molecule has 1 fully saturated rings. The van der Waals surface area contributed by atoms with E-state index >= 15 is 0 Å². The Bertz CT molecular complexity index is 1070. The number of para-hydroxylation sites is 1. The van der Waals surface area contributed by atoms with Gasteiger partial charge < -0.3 is 20.4 Å². The number of ketones is 1. The number of likely N-dealkylation sites (tertiary alicyclic amines) is 1. The zero-order valence-electron chi connectivity index (χ0n) is 14.9. The number of β-amino-alcohol motifs (C(OH)–C–C–N with tert-alkyl or cyclic N) is 1. The van der Waals surface area contributed by atoms with Crippen LogP contribution in [0.25, 0.3) is 5.76 Å². The van der Waals surface area contributed by atoms with Gasteiger partial charge in [0.2, 0.25) is 4.87 Å². The van der Waals surface area contributed by atoms with Gasteiger partial charge in [-0.05, 0) is 24.3 Å². The lowest BCUT2D eigenvalue weighted by Gasteiger charge is -2.39. The molecule has 0 radical (unpaired) electrons. The van der Waals surface area contributed by atoms with Gasteiger partial charge in [-0.15, -0.1) is 0 Å². The van der Waals surface area contributed by atoms with E-state index in [1.54, 1.807) is 48.5 Å². The molecule has 2 amide bonds. The molecule has 1 unspecified atom stereocenters. The Labute approximate surface area is 178 Å². The molecule has 2 aliphatic heterocycles. The average molecular weight is 475 g/mol. The highest BCUT2D eigenvalue weighted by Crippen LogP contribution is 2.52. The lowest BCUT2D eigenvalue weighted by atomic mass is 9.99. The van der Waals surface area contributed by atoms with Crippen LogP contribution in [0.4, 0.5) is 5.69 Å². The summed E-state index contributed by atoms with van der Waals surface area (Å²) in [6.07, 6.45) is 0. The number of halogens is 1. The van der Waals surface area contributed by atoms with E-state index < -0.39 is 34.8 Å². The predicted octanol–water partition coefficient (Wildman–Crippen LogP) is 2.56. The zero-order chi connectivity index (χ0) is 20.8. The van der Waals surface area contributed by atoms with Crippen molar-refractivity contribution in [3.63, 3.8) is 0 Å². The van der Waals surface area contributed by atoms with E-state index in [0.717, 1.165) is 21.1 Å². The summed E-state index contributed by atoms with van der Waals surface area (Å²) in [6, 6.07) is 13.5. The van der Waals surface area contributed by atoms with Gasteiger partial charge in [0.1, 0.15) is 5.76 Å². The number of carbonyl (C=O) groups excluding carboxylic acids is 3. The number of hydrogen-bond donors (Lipinski definition) is 3. The molecule has 0 aromatic heterocycles. The fourth-order valence-electron chi connectivity index (χ4n) is 3.45. The molecule has 4 rings (SSSR count). The average Bonchev–Trinajstić information content (AvgIpc) is 2.91. The zero-order valence-corrected chi connectivity index (χ0v) is 17.3. The van der Waals surface area contributed by atoms with E-state index in [-0.39, 0.29) is 12.1 Å². The van der Waals surface area contributed by atoms with Gasteiger partial charge in [-0.2, -0.15) is 0 Å². The van der Waals surface area contributed by atoms with E-state index in [2.05, 4.69) is 21.2 Å². The number of aliphatic hydroxyl groups excluding tert-OH is 2. The molecule has 1 spiro atoms. The van der Waals surface area contributed by atoms with Gasteiger partial charge in [-0.3, -0.25) is 14.4 Å². The van der Waals surface area contributed by atoms with E-state index in [9.17, 15) is 24.6 Å². The van der Waals surface area contributed by atoms with Crippen LogP contribution in [-0.4, -0.2) is 50.7 Å². The highest BCUT2D eigenvalue weighted by atomic mass is 79.9. The fraction of sp³-hybridized carbons (Fsp3) is 0.150. The number of Topliss-reactive ketones (excluding diaryl/α,β-unsaturated/α-hetero) is 1. The monoisotopic (exact) mass is 474 g/mol. The molecule has 29 heavy (non-hydrogen) atoms. The number of carbonyl (C=O) groups is 3. The van der Waals surface area contributed by atoms with Crippen LogP contribution in [0.15, 0.2) is 63.5 Å². The minimum Gasteiger partial charge on any atom is -0.507 e. The smallest absolute Gasteiger partial charge is 0.296 e. The van der Waals surface area contributed by atoms with Crippen LogP contribution in [0.1, 0.15) is 5.56 Å². The summed E-state index contributed by atoms with van der Waals surface area (Å²) in [5.74, 6) is -2.99. The van der Waals surface area contributed by atoms with Gasteiger partial charge in [0, 0.05) is 21.5 Å². The fourth-order valence-corrected chi connectivity index (χ4v) is 5.13. The van der Waals surface area contributed by atoms with Gasteiger partial charge in [0.25, 0.3) is 17.6 Å². The van der Waals surface area contributed by atoms with Gasteiger partial charge in [-0.25, -0.2) is 0 Å². The van der Waals surface area contributed by atoms with Crippen molar-refractivity contribution in [3.8, 4) is 0 Å². The second-order valence-electron chi connectivity index (χ2n) is 6.44. The lowest BCUT2D eigenvalue weighted by molar-refractivity contribution is -0.141. The predicted molar refractivity (Wildman–Crippen MR) is 111 cm³/mol. The Morgan fingerprint density at radius 3 is 2.48 bits per heavy atom. The van der Waals surface area contributed by atoms with Crippen LogP contribution >= 0.6 is 27.7 Å². The number of thioether (sulfide) groups is 1. The number of nitrogens with zero attached hydrogens (tertiary/aromatic N) is 1. The third-order valence-corrected chi connectivity index (χ3v) is 6.77. The number of nitrogens with one attached hydrogen (secondary N) is 1. The summed E-state index contributed by atoms with van der Waals surface area (Å²) in [5, 5.41) is 23.2. The van der Waals surface area contributed by atoms with Crippen molar-refractivity contribution in [1.82, 2.24) is 4.90 Å². The molecule has 1 saturated heterocycles. The van der Waals surface area contributed by atoms with Crippen molar-refractivity contribution in [3.05, 3.63) is 64.1 Å². The molecule has 2 aliphatic rings. The first-order chi connectivity index (χ1) is 13.9. The second kappa shape index (κ2) is 7.33. The highest BCUT2D eigenvalue weighted by Gasteiger charge is 2.63. The van der Waals surface area contributed by atoms with Crippen LogP contribution in [0.2, 0.25) is 0 Å². The quantitative estimate of drug-likeness (QED) is 0.358. The normalized spacial score (nSPS) is 22.7. The molecular formula is C20H15BrN2O5S. The van der Waals surface area contributed by atoms with E-state index in [1.165, 1.54) is 0 Å². The minimum atomic E-state index is -1.82. The number of hydrogen-bond acceptors (Lipinski definition) is 6. The van der Waals surface area contributed by atoms with Crippen LogP contribution < -0.4 is 5.32 Å². The maximum atomic E-state index is 13.2. The molecule has 2 aromatic rings. The van der Waals surface area contributed by atoms with Gasteiger partial charge in [0.15, 0.2) is 0 Å².